The van der Waals surface area contributed by atoms with E-state index in [1.54, 1.807) is 73.4 Å². The average molecular weight is 500 g/mol. The lowest BCUT2D eigenvalue weighted by Crippen LogP contribution is -2.39. The molecule has 0 heterocycles. The third-order valence-electron chi connectivity index (χ3n) is 5.82. The molecule has 0 N–H and O–H groups in total. The number of hydrogen-bond donors (Lipinski definition) is 0. The molecule has 0 amide bonds. The van der Waals surface area contributed by atoms with Crippen LogP contribution in [0.5, 0.6) is 17.2 Å². The molecule has 0 spiro atoms. The topological polar surface area (TPSA) is 149 Å². The second kappa shape index (κ2) is 11.1. The van der Waals surface area contributed by atoms with Gasteiger partial charge < -0.3 is 18.9 Å². The van der Waals surface area contributed by atoms with E-state index in [1.165, 1.54) is 36.4 Å². The summed E-state index contributed by atoms with van der Waals surface area (Å²) in [4.78, 5) is 13.3. The first-order valence-corrected chi connectivity index (χ1v) is 11.1. The van der Waals surface area contributed by atoms with Gasteiger partial charge in [-0.3, -0.25) is 0 Å². The maximum absolute atomic E-state index is 13.3. The summed E-state index contributed by atoms with van der Waals surface area (Å²) in [6, 6.07) is 21.0. The van der Waals surface area contributed by atoms with Gasteiger partial charge in [0.1, 0.15) is 23.2 Å². The van der Waals surface area contributed by atoms with Crippen molar-refractivity contribution in [3.8, 4) is 42.1 Å². The molecule has 0 aliphatic heterocycles. The van der Waals surface area contributed by atoms with E-state index in [1.807, 2.05) is 0 Å². The first-order valence-electron chi connectivity index (χ1n) is 11.1. The second-order valence-corrected chi connectivity index (χ2v) is 7.88. The molecule has 38 heavy (non-hydrogen) atoms. The normalized spacial score (nSPS) is 17.4. The number of rotatable bonds is 7. The fourth-order valence-corrected chi connectivity index (χ4v) is 4.09. The predicted molar refractivity (Wildman–Crippen MR) is 131 cm³/mol. The largest absolute Gasteiger partial charge is 0.444 e. The average Bonchev–Trinajstić information content (AvgIpc) is 2.94. The summed E-state index contributed by atoms with van der Waals surface area (Å²) < 4.78 is 20.6. The van der Waals surface area contributed by atoms with Gasteiger partial charge in [-0.15, -0.1) is 15.8 Å². The molecule has 9 nitrogen and oxygen atoms in total. The zero-order chi connectivity index (χ0) is 27.0. The van der Waals surface area contributed by atoms with Crippen molar-refractivity contribution in [1.29, 1.82) is 21.0 Å². The minimum atomic E-state index is -1.55. The van der Waals surface area contributed by atoms with Crippen LogP contribution in [0.1, 0.15) is 21.5 Å². The first kappa shape index (κ1) is 25.1. The van der Waals surface area contributed by atoms with Gasteiger partial charge in [-0.2, -0.15) is 5.26 Å². The SMILES string of the molecule is N#COc1ccc(C(=O)OC2(c3ccc(OC#N)cc3)C=CC=C(c3ccc(OC#N)cc3)C2C#N)cc1. The summed E-state index contributed by atoms with van der Waals surface area (Å²) in [6.45, 7) is 0. The monoisotopic (exact) mass is 500 g/mol. The van der Waals surface area contributed by atoms with Gasteiger partial charge in [0.15, 0.2) is 5.60 Å². The fraction of sp³-hybridized carbons (Fsp3) is 0.0690. The van der Waals surface area contributed by atoms with E-state index in [2.05, 4.69) is 6.07 Å². The van der Waals surface area contributed by atoms with Crippen LogP contribution in [-0.2, 0) is 10.3 Å². The minimum Gasteiger partial charge on any atom is -0.444 e. The molecule has 0 bridgehead atoms. The van der Waals surface area contributed by atoms with Crippen LogP contribution in [0.3, 0.4) is 0 Å². The maximum atomic E-state index is 13.3. The van der Waals surface area contributed by atoms with Gasteiger partial charge in [-0.1, -0.05) is 36.4 Å². The van der Waals surface area contributed by atoms with Crippen LogP contribution in [0.25, 0.3) is 5.57 Å². The molecule has 9 heteroatoms. The Morgan fingerprint density at radius 2 is 1.21 bits per heavy atom. The molecule has 2 atom stereocenters. The van der Waals surface area contributed by atoms with E-state index in [0.717, 1.165) is 0 Å². The maximum Gasteiger partial charge on any atom is 0.339 e. The summed E-state index contributed by atoms with van der Waals surface area (Å²) in [5.41, 5.74) is 0.331. The Labute approximate surface area is 217 Å². The molecule has 0 fully saturated rings. The Balaban J connectivity index is 1.77. The number of carbonyl (C=O) groups is 1. The van der Waals surface area contributed by atoms with Crippen LogP contribution in [0.15, 0.2) is 91.0 Å². The first-order chi connectivity index (χ1) is 18.5. The van der Waals surface area contributed by atoms with Crippen LogP contribution in [0, 0.1) is 51.8 Å². The number of esters is 1. The van der Waals surface area contributed by atoms with Crippen molar-refractivity contribution in [2.75, 3.05) is 0 Å². The van der Waals surface area contributed by atoms with Crippen molar-refractivity contribution in [2.24, 2.45) is 5.92 Å². The lowest BCUT2D eigenvalue weighted by Gasteiger charge is -2.38. The van der Waals surface area contributed by atoms with Gasteiger partial charge in [0.05, 0.1) is 11.6 Å². The Morgan fingerprint density at radius 1 is 0.711 bits per heavy atom. The molecule has 4 rings (SSSR count). The van der Waals surface area contributed by atoms with E-state index in [4.69, 9.17) is 34.7 Å². The molecule has 0 radical (unpaired) electrons. The molecular weight excluding hydrogens is 484 g/mol. The molecule has 1 aliphatic carbocycles. The van der Waals surface area contributed by atoms with E-state index in [9.17, 15) is 10.1 Å². The Kier molecular flexibility index (Phi) is 7.35. The summed E-state index contributed by atoms with van der Waals surface area (Å²) in [5.74, 6) is -0.819. The van der Waals surface area contributed by atoms with Crippen molar-refractivity contribution in [2.45, 2.75) is 5.60 Å². The van der Waals surface area contributed by atoms with Gasteiger partial charge in [0.2, 0.25) is 0 Å². The van der Waals surface area contributed by atoms with Crippen molar-refractivity contribution in [3.05, 3.63) is 108 Å². The Hall–Kier alpha value is -6.03. The predicted octanol–water partition coefficient (Wildman–Crippen LogP) is 5.11. The van der Waals surface area contributed by atoms with Gasteiger partial charge in [-0.25, -0.2) is 4.79 Å². The van der Waals surface area contributed by atoms with Crippen LogP contribution in [0.2, 0.25) is 0 Å². The highest BCUT2D eigenvalue weighted by molar-refractivity contribution is 5.90. The Bertz CT molecular complexity index is 1570. The summed E-state index contributed by atoms with van der Waals surface area (Å²) in [6.07, 6.45) is 9.84. The van der Waals surface area contributed by atoms with Crippen molar-refractivity contribution in [1.82, 2.24) is 0 Å². The van der Waals surface area contributed by atoms with E-state index < -0.39 is 17.5 Å². The molecule has 1 aliphatic rings. The molecule has 0 aromatic heterocycles. The van der Waals surface area contributed by atoms with Crippen LogP contribution < -0.4 is 14.2 Å². The lowest BCUT2D eigenvalue weighted by atomic mass is 9.72. The highest BCUT2D eigenvalue weighted by atomic mass is 16.6. The number of allylic oxidation sites excluding steroid dienone is 2. The zero-order valence-electron chi connectivity index (χ0n) is 19.6. The van der Waals surface area contributed by atoms with E-state index in [0.29, 0.717) is 22.4 Å². The number of nitrogens with zero attached hydrogens (tertiary/aromatic N) is 4. The number of ether oxygens (including phenoxy) is 4. The van der Waals surface area contributed by atoms with Gasteiger partial charge in [0, 0.05) is 5.56 Å². The van der Waals surface area contributed by atoms with Crippen molar-refractivity contribution in [3.63, 3.8) is 0 Å². The number of carbonyl (C=O) groups excluding carboxylic acids is 1. The Morgan fingerprint density at radius 3 is 1.71 bits per heavy atom. The third-order valence-corrected chi connectivity index (χ3v) is 5.82. The quantitative estimate of drug-likeness (QED) is 0.318. The molecule has 182 valence electrons. The molecule has 3 aromatic carbocycles. The standard InChI is InChI=1S/C29H16N4O5/c30-16-27-26(20-3-9-23(10-4-20)35-17-31)2-1-15-29(27,22-7-13-25(14-8-22)37-19-33)38-28(34)21-5-11-24(12-6-21)36-18-32/h1-15,27H. The molecule has 3 aromatic rings. The van der Waals surface area contributed by atoms with Crippen LogP contribution in [-0.4, -0.2) is 5.97 Å². The third kappa shape index (κ3) is 4.99. The fourth-order valence-electron chi connectivity index (χ4n) is 4.09. The molecule has 2 unspecified atom stereocenters. The molecular formula is C29H16N4O5. The molecule has 0 saturated heterocycles. The number of nitriles is 4. The van der Waals surface area contributed by atoms with Gasteiger partial charge >= 0.3 is 5.97 Å². The van der Waals surface area contributed by atoms with Gasteiger partial charge in [-0.05, 0) is 65.7 Å². The number of benzene rings is 3. The van der Waals surface area contributed by atoms with E-state index >= 15 is 0 Å². The minimum absolute atomic E-state index is 0.179. The summed E-state index contributed by atoms with van der Waals surface area (Å²) >= 11 is 0. The van der Waals surface area contributed by atoms with E-state index in [-0.39, 0.29) is 17.1 Å². The zero-order valence-corrected chi connectivity index (χ0v) is 19.6. The lowest BCUT2D eigenvalue weighted by molar-refractivity contribution is -0.00710. The van der Waals surface area contributed by atoms with Gasteiger partial charge in [0.25, 0.3) is 18.8 Å². The van der Waals surface area contributed by atoms with Crippen LogP contribution in [0.4, 0.5) is 0 Å². The summed E-state index contributed by atoms with van der Waals surface area (Å²) in [7, 11) is 0. The number of hydrogen-bond acceptors (Lipinski definition) is 9. The highest BCUT2D eigenvalue weighted by Crippen LogP contribution is 2.46. The van der Waals surface area contributed by atoms with Crippen molar-refractivity contribution >= 4 is 11.5 Å². The van der Waals surface area contributed by atoms with Crippen LogP contribution >= 0.6 is 0 Å². The molecule has 0 saturated carbocycles. The second-order valence-electron chi connectivity index (χ2n) is 7.88. The van der Waals surface area contributed by atoms with Crippen molar-refractivity contribution < 1.29 is 23.7 Å². The smallest absolute Gasteiger partial charge is 0.339 e. The summed E-state index contributed by atoms with van der Waals surface area (Å²) in [5, 5.41) is 36.6. The highest BCUT2D eigenvalue weighted by Gasteiger charge is 2.46.